The smallest absolute Gasteiger partial charge is 0.334 e. The number of halogens is 3. The van der Waals surface area contributed by atoms with Crippen molar-refractivity contribution in [3.63, 3.8) is 0 Å². The molecule has 0 bridgehead atoms. The van der Waals surface area contributed by atoms with Crippen molar-refractivity contribution in [2.24, 2.45) is 0 Å². The lowest BCUT2D eigenvalue weighted by atomic mass is 10.2. The third kappa shape index (κ3) is 3.48. The monoisotopic (exact) mass is 365 g/mol. The second-order valence-corrected chi connectivity index (χ2v) is 6.01. The molecule has 138 valence electrons. The second-order valence-electron chi connectivity index (χ2n) is 6.01. The standard InChI is InChI=1S/C17H18F3N5O/c1-10-6-4-5-7-13(10)25-15(17(18,19)20)12(9-22-25)16-23-14(24-26-16)8-11(2)21-3/h4-7,9,11,21H,8H2,1-3H3. The largest absolute Gasteiger partial charge is 0.434 e. The minimum absolute atomic E-state index is 0.0669. The van der Waals surface area contributed by atoms with Gasteiger partial charge in [0.05, 0.1) is 17.4 Å². The molecule has 0 aliphatic rings. The molecule has 3 rings (SSSR count). The normalized spacial score (nSPS) is 13.2. The molecule has 1 unspecified atom stereocenters. The quantitative estimate of drug-likeness (QED) is 0.751. The predicted octanol–water partition coefficient (Wildman–Crippen LogP) is 3.40. The summed E-state index contributed by atoms with van der Waals surface area (Å²) in [5, 5.41) is 10.7. The van der Waals surface area contributed by atoms with Gasteiger partial charge in [-0.05, 0) is 32.5 Å². The summed E-state index contributed by atoms with van der Waals surface area (Å²) < 4.78 is 47.2. The van der Waals surface area contributed by atoms with Crippen LogP contribution in [0.2, 0.25) is 0 Å². The van der Waals surface area contributed by atoms with Gasteiger partial charge in [0.1, 0.15) is 0 Å². The minimum Gasteiger partial charge on any atom is -0.334 e. The number of alkyl halides is 3. The molecule has 1 N–H and O–H groups in total. The maximum atomic E-state index is 13.8. The number of aryl methyl sites for hydroxylation is 1. The topological polar surface area (TPSA) is 68.8 Å². The van der Waals surface area contributed by atoms with E-state index in [2.05, 4.69) is 20.6 Å². The summed E-state index contributed by atoms with van der Waals surface area (Å²) in [4.78, 5) is 4.10. The molecule has 0 amide bonds. The van der Waals surface area contributed by atoms with E-state index in [4.69, 9.17) is 4.52 Å². The maximum Gasteiger partial charge on any atom is 0.434 e. The number of hydrogen-bond donors (Lipinski definition) is 1. The first-order chi connectivity index (χ1) is 12.3. The van der Waals surface area contributed by atoms with Gasteiger partial charge in [0.2, 0.25) is 0 Å². The van der Waals surface area contributed by atoms with Crippen LogP contribution < -0.4 is 5.32 Å². The van der Waals surface area contributed by atoms with Crippen LogP contribution in [0, 0.1) is 6.92 Å². The summed E-state index contributed by atoms with van der Waals surface area (Å²) in [7, 11) is 1.78. The zero-order chi connectivity index (χ0) is 18.9. The van der Waals surface area contributed by atoms with Gasteiger partial charge >= 0.3 is 6.18 Å². The lowest BCUT2D eigenvalue weighted by Crippen LogP contribution is -2.24. The van der Waals surface area contributed by atoms with Gasteiger partial charge in [-0.1, -0.05) is 23.4 Å². The molecule has 1 aromatic carbocycles. The first kappa shape index (κ1) is 18.1. The second kappa shape index (κ2) is 6.91. The Morgan fingerprint density at radius 2 is 2.00 bits per heavy atom. The van der Waals surface area contributed by atoms with Crippen LogP contribution in [0.25, 0.3) is 17.1 Å². The average Bonchev–Trinajstić information content (AvgIpc) is 3.21. The first-order valence-corrected chi connectivity index (χ1v) is 8.02. The third-order valence-corrected chi connectivity index (χ3v) is 4.06. The van der Waals surface area contributed by atoms with E-state index in [1.165, 1.54) is 0 Å². The van der Waals surface area contributed by atoms with E-state index in [1.54, 1.807) is 38.2 Å². The average molecular weight is 365 g/mol. The molecule has 0 spiro atoms. The molecule has 26 heavy (non-hydrogen) atoms. The van der Waals surface area contributed by atoms with Crippen LogP contribution >= 0.6 is 0 Å². The highest BCUT2D eigenvalue weighted by atomic mass is 19.4. The Balaban J connectivity index is 2.08. The highest BCUT2D eigenvalue weighted by molar-refractivity contribution is 5.59. The van der Waals surface area contributed by atoms with Crippen LogP contribution in [0.3, 0.4) is 0 Å². The molecule has 0 fully saturated rings. The zero-order valence-electron chi connectivity index (χ0n) is 14.5. The van der Waals surface area contributed by atoms with E-state index in [9.17, 15) is 13.2 Å². The SMILES string of the molecule is CNC(C)Cc1noc(-c2cnn(-c3ccccc3C)c2C(F)(F)F)n1. The first-order valence-electron chi connectivity index (χ1n) is 8.02. The van der Waals surface area contributed by atoms with Gasteiger partial charge in [-0.15, -0.1) is 0 Å². The fraction of sp³-hybridized carbons (Fsp3) is 0.353. The number of rotatable bonds is 5. The number of hydrogen-bond acceptors (Lipinski definition) is 5. The van der Waals surface area contributed by atoms with Gasteiger partial charge in [0.15, 0.2) is 11.5 Å². The summed E-state index contributed by atoms with van der Waals surface area (Å²) in [6, 6.07) is 6.78. The van der Waals surface area contributed by atoms with Crippen molar-refractivity contribution in [3.8, 4) is 17.1 Å². The maximum absolute atomic E-state index is 13.8. The van der Waals surface area contributed by atoms with Crippen LogP contribution in [0.15, 0.2) is 35.0 Å². The Kier molecular flexibility index (Phi) is 4.82. The Bertz CT molecular complexity index is 900. The minimum atomic E-state index is -4.64. The van der Waals surface area contributed by atoms with Crippen molar-refractivity contribution in [1.82, 2.24) is 25.2 Å². The van der Waals surface area contributed by atoms with Gasteiger partial charge in [-0.3, -0.25) is 0 Å². The van der Waals surface area contributed by atoms with Crippen molar-refractivity contribution in [2.75, 3.05) is 7.05 Å². The molecule has 0 aliphatic carbocycles. The predicted molar refractivity (Wildman–Crippen MR) is 88.8 cm³/mol. The van der Waals surface area contributed by atoms with E-state index < -0.39 is 11.9 Å². The number of likely N-dealkylation sites (N-methyl/N-ethyl adjacent to an activating group) is 1. The van der Waals surface area contributed by atoms with Gasteiger partial charge in [-0.2, -0.15) is 23.3 Å². The van der Waals surface area contributed by atoms with E-state index in [0.717, 1.165) is 10.9 Å². The van der Waals surface area contributed by atoms with E-state index in [-0.39, 0.29) is 17.5 Å². The number of para-hydroxylation sites is 1. The van der Waals surface area contributed by atoms with Gasteiger partial charge in [0.25, 0.3) is 5.89 Å². The van der Waals surface area contributed by atoms with Gasteiger partial charge in [0, 0.05) is 12.5 Å². The number of nitrogens with one attached hydrogen (secondary N) is 1. The Morgan fingerprint density at radius 1 is 1.27 bits per heavy atom. The number of nitrogens with zero attached hydrogens (tertiary/aromatic N) is 4. The molecule has 9 heteroatoms. The zero-order valence-corrected chi connectivity index (χ0v) is 14.5. The molecule has 0 aliphatic heterocycles. The summed E-state index contributed by atoms with van der Waals surface area (Å²) in [6.07, 6.45) is -3.09. The van der Waals surface area contributed by atoms with Crippen LogP contribution in [-0.2, 0) is 12.6 Å². The van der Waals surface area contributed by atoms with Crippen LogP contribution in [0.1, 0.15) is 24.0 Å². The lowest BCUT2D eigenvalue weighted by Gasteiger charge is -2.13. The summed E-state index contributed by atoms with van der Waals surface area (Å²) in [5.41, 5.74) is -0.170. The van der Waals surface area contributed by atoms with Crippen LogP contribution in [-0.4, -0.2) is 33.0 Å². The molecule has 2 aromatic heterocycles. The molecule has 1 atom stereocenters. The van der Waals surface area contributed by atoms with Crippen molar-refractivity contribution >= 4 is 0 Å². The number of benzene rings is 1. The molecule has 0 saturated heterocycles. The fourth-order valence-corrected chi connectivity index (χ4v) is 2.58. The Labute approximate surface area is 148 Å². The molecular weight excluding hydrogens is 347 g/mol. The van der Waals surface area contributed by atoms with Gasteiger partial charge < -0.3 is 9.84 Å². The summed E-state index contributed by atoms with van der Waals surface area (Å²) >= 11 is 0. The highest BCUT2D eigenvalue weighted by Gasteiger charge is 2.40. The van der Waals surface area contributed by atoms with Gasteiger partial charge in [-0.25, -0.2) is 4.68 Å². The molecule has 0 saturated carbocycles. The highest BCUT2D eigenvalue weighted by Crippen LogP contribution is 2.38. The summed E-state index contributed by atoms with van der Waals surface area (Å²) in [5.74, 6) is 0.133. The van der Waals surface area contributed by atoms with E-state index >= 15 is 0 Å². The fourth-order valence-electron chi connectivity index (χ4n) is 2.58. The molecule has 0 radical (unpaired) electrons. The Hall–Kier alpha value is -2.68. The van der Waals surface area contributed by atoms with Crippen molar-refractivity contribution < 1.29 is 17.7 Å². The van der Waals surface area contributed by atoms with Crippen molar-refractivity contribution in [3.05, 3.63) is 47.5 Å². The summed E-state index contributed by atoms with van der Waals surface area (Å²) in [6.45, 7) is 3.63. The van der Waals surface area contributed by atoms with Crippen LogP contribution in [0.4, 0.5) is 13.2 Å². The number of aromatic nitrogens is 4. The van der Waals surface area contributed by atoms with E-state index in [1.807, 2.05) is 6.92 Å². The molecule has 2 heterocycles. The lowest BCUT2D eigenvalue weighted by molar-refractivity contribution is -0.142. The Morgan fingerprint density at radius 3 is 2.65 bits per heavy atom. The molecule has 6 nitrogen and oxygen atoms in total. The third-order valence-electron chi connectivity index (χ3n) is 4.06. The molecule has 3 aromatic rings. The van der Waals surface area contributed by atoms with Crippen LogP contribution in [0.5, 0.6) is 0 Å². The molecular formula is C17H18F3N5O. The van der Waals surface area contributed by atoms with E-state index in [0.29, 0.717) is 23.5 Å². The van der Waals surface area contributed by atoms with Crippen molar-refractivity contribution in [1.29, 1.82) is 0 Å². The van der Waals surface area contributed by atoms with Crippen molar-refractivity contribution in [2.45, 2.75) is 32.5 Å².